The summed E-state index contributed by atoms with van der Waals surface area (Å²) < 4.78 is 15.3. The van der Waals surface area contributed by atoms with E-state index in [0.29, 0.717) is 12.3 Å². The largest absolute Gasteiger partial charge is 0.497 e. The van der Waals surface area contributed by atoms with Gasteiger partial charge in [-0.1, -0.05) is 12.1 Å². The molecule has 7 heteroatoms. The van der Waals surface area contributed by atoms with Gasteiger partial charge in [0.05, 0.1) is 13.7 Å². The van der Waals surface area contributed by atoms with Crippen molar-refractivity contribution in [2.75, 3.05) is 20.8 Å². The topological polar surface area (TPSA) is 85.9 Å². The third kappa shape index (κ3) is 7.32. The van der Waals surface area contributed by atoms with E-state index in [1.165, 1.54) is 7.11 Å². The lowest BCUT2D eigenvalue weighted by molar-refractivity contribution is -0.124. The van der Waals surface area contributed by atoms with Gasteiger partial charge in [0.2, 0.25) is 5.91 Å². The van der Waals surface area contributed by atoms with Crippen LogP contribution in [0.3, 0.4) is 0 Å². The first-order valence-corrected chi connectivity index (χ1v) is 7.64. The first kappa shape index (κ1) is 19.8. The number of hydrogen-bond acceptors (Lipinski definition) is 5. The zero-order chi connectivity index (χ0) is 18.2. The molecule has 0 aromatic heterocycles. The highest BCUT2D eigenvalue weighted by molar-refractivity contribution is 5.85. The molecule has 1 atom stereocenters. The molecule has 0 saturated carbocycles. The number of hydrogen-bond donors (Lipinski definition) is 2. The van der Waals surface area contributed by atoms with Gasteiger partial charge in [0.15, 0.2) is 0 Å². The third-order valence-corrected chi connectivity index (χ3v) is 2.94. The van der Waals surface area contributed by atoms with Crippen LogP contribution in [0.25, 0.3) is 0 Å². The number of rotatable bonds is 7. The molecule has 0 unspecified atom stereocenters. The van der Waals surface area contributed by atoms with Crippen LogP contribution in [0.5, 0.6) is 5.75 Å². The van der Waals surface area contributed by atoms with Crippen LogP contribution in [0, 0.1) is 0 Å². The first-order valence-electron chi connectivity index (χ1n) is 7.64. The number of amides is 2. The Kier molecular flexibility index (Phi) is 7.51. The van der Waals surface area contributed by atoms with Crippen LogP contribution in [0.4, 0.5) is 4.79 Å². The number of carbonyl (C=O) groups excluding carboxylic acids is 2. The van der Waals surface area contributed by atoms with Crippen molar-refractivity contribution < 1.29 is 23.8 Å². The molecule has 0 bridgehead atoms. The molecule has 0 aliphatic carbocycles. The summed E-state index contributed by atoms with van der Waals surface area (Å²) in [6.07, 6.45) is -0.666. The maximum atomic E-state index is 12.3. The highest BCUT2D eigenvalue weighted by Crippen LogP contribution is 2.12. The van der Waals surface area contributed by atoms with Gasteiger partial charge in [-0.05, 0) is 38.5 Å². The molecule has 134 valence electrons. The Morgan fingerprint density at radius 1 is 1.21 bits per heavy atom. The quantitative estimate of drug-likeness (QED) is 0.792. The maximum absolute atomic E-state index is 12.3. The Hall–Kier alpha value is -2.28. The number of benzene rings is 1. The van der Waals surface area contributed by atoms with Crippen LogP contribution < -0.4 is 15.4 Å². The molecule has 0 heterocycles. The molecule has 0 saturated heterocycles. The summed E-state index contributed by atoms with van der Waals surface area (Å²) in [6.45, 7) is 5.61. The van der Waals surface area contributed by atoms with Crippen LogP contribution in [-0.4, -0.2) is 44.5 Å². The van der Waals surface area contributed by atoms with Crippen molar-refractivity contribution >= 4 is 12.0 Å². The van der Waals surface area contributed by atoms with Crippen molar-refractivity contribution in [3.05, 3.63) is 29.8 Å². The zero-order valence-electron chi connectivity index (χ0n) is 14.8. The molecule has 0 radical (unpaired) electrons. The fraction of sp³-hybridized carbons (Fsp3) is 0.529. The lowest BCUT2D eigenvalue weighted by Gasteiger charge is -2.23. The Bertz CT molecular complexity index is 554. The van der Waals surface area contributed by atoms with Crippen LogP contribution in [0.15, 0.2) is 24.3 Å². The van der Waals surface area contributed by atoms with E-state index < -0.39 is 17.7 Å². The lowest BCUT2D eigenvalue weighted by atomic mass is 10.2. The van der Waals surface area contributed by atoms with Gasteiger partial charge in [0.25, 0.3) is 0 Å². The molecular formula is C17H26N2O5. The monoisotopic (exact) mass is 338 g/mol. The van der Waals surface area contributed by atoms with Crippen LogP contribution >= 0.6 is 0 Å². The summed E-state index contributed by atoms with van der Waals surface area (Å²) in [6, 6.07) is 6.52. The van der Waals surface area contributed by atoms with E-state index in [9.17, 15) is 9.59 Å². The molecule has 2 amide bonds. The summed E-state index contributed by atoms with van der Waals surface area (Å²) in [5, 5.41) is 5.27. The van der Waals surface area contributed by atoms with Crippen molar-refractivity contribution in [1.82, 2.24) is 10.6 Å². The van der Waals surface area contributed by atoms with Gasteiger partial charge in [-0.2, -0.15) is 0 Å². The van der Waals surface area contributed by atoms with Gasteiger partial charge in [-0.15, -0.1) is 0 Å². The van der Waals surface area contributed by atoms with Crippen molar-refractivity contribution in [2.45, 2.75) is 39.0 Å². The molecule has 0 aliphatic rings. The normalized spacial score (nSPS) is 12.2. The van der Waals surface area contributed by atoms with E-state index in [1.54, 1.807) is 27.9 Å². The molecule has 24 heavy (non-hydrogen) atoms. The Balaban J connectivity index is 2.60. The van der Waals surface area contributed by atoms with E-state index in [0.717, 1.165) is 5.56 Å². The summed E-state index contributed by atoms with van der Waals surface area (Å²) in [7, 11) is 3.04. The van der Waals surface area contributed by atoms with Gasteiger partial charge in [0.1, 0.15) is 17.4 Å². The highest BCUT2D eigenvalue weighted by Gasteiger charge is 2.24. The lowest BCUT2D eigenvalue weighted by Crippen LogP contribution is -2.50. The number of methoxy groups -OCH3 is 2. The molecule has 1 aromatic rings. The summed E-state index contributed by atoms with van der Waals surface area (Å²) in [5.41, 5.74) is 0.245. The minimum absolute atomic E-state index is 0.0448. The molecule has 1 rings (SSSR count). The number of ether oxygens (including phenoxy) is 3. The highest BCUT2D eigenvalue weighted by atomic mass is 16.6. The summed E-state index contributed by atoms with van der Waals surface area (Å²) in [4.78, 5) is 24.1. The van der Waals surface area contributed by atoms with Gasteiger partial charge in [-0.25, -0.2) is 4.79 Å². The van der Waals surface area contributed by atoms with Gasteiger partial charge in [-0.3, -0.25) is 4.79 Å². The maximum Gasteiger partial charge on any atom is 0.408 e. The second-order valence-corrected chi connectivity index (χ2v) is 6.22. The zero-order valence-corrected chi connectivity index (χ0v) is 14.8. The number of alkyl carbamates (subject to hydrolysis) is 1. The van der Waals surface area contributed by atoms with E-state index >= 15 is 0 Å². The van der Waals surface area contributed by atoms with Gasteiger partial charge < -0.3 is 24.8 Å². The first-order chi connectivity index (χ1) is 11.2. The van der Waals surface area contributed by atoms with Crippen molar-refractivity contribution in [3.63, 3.8) is 0 Å². The van der Waals surface area contributed by atoms with Crippen molar-refractivity contribution in [1.29, 1.82) is 0 Å². The third-order valence-electron chi connectivity index (χ3n) is 2.94. The minimum Gasteiger partial charge on any atom is -0.497 e. The molecular weight excluding hydrogens is 312 g/mol. The SMILES string of the molecule is COC[C@H](NC(=O)OC(C)(C)C)C(=O)NCc1cccc(OC)c1. The Labute approximate surface area is 142 Å². The fourth-order valence-corrected chi connectivity index (χ4v) is 1.89. The minimum atomic E-state index is -0.838. The van der Waals surface area contributed by atoms with Crippen LogP contribution in [-0.2, 0) is 20.8 Å². The van der Waals surface area contributed by atoms with Crippen molar-refractivity contribution in [3.8, 4) is 5.75 Å². The second kappa shape index (κ2) is 9.12. The molecule has 0 fully saturated rings. The number of carbonyl (C=O) groups is 2. The molecule has 7 nitrogen and oxygen atoms in total. The average Bonchev–Trinajstić information content (AvgIpc) is 2.50. The molecule has 2 N–H and O–H groups in total. The summed E-state index contributed by atoms with van der Waals surface area (Å²) >= 11 is 0. The van der Waals surface area contributed by atoms with E-state index in [2.05, 4.69) is 10.6 Å². The second-order valence-electron chi connectivity index (χ2n) is 6.22. The Morgan fingerprint density at radius 3 is 2.50 bits per heavy atom. The van der Waals surface area contributed by atoms with E-state index in [1.807, 2.05) is 24.3 Å². The predicted molar refractivity (Wildman–Crippen MR) is 89.9 cm³/mol. The van der Waals surface area contributed by atoms with E-state index in [-0.39, 0.29) is 12.5 Å². The molecule has 0 aliphatic heterocycles. The standard InChI is InChI=1S/C17H26N2O5/c1-17(2,3)24-16(21)19-14(11-22-4)15(20)18-10-12-7-6-8-13(9-12)23-5/h6-9,14H,10-11H2,1-5H3,(H,18,20)(H,19,21)/t14-/m0/s1. The van der Waals surface area contributed by atoms with E-state index in [4.69, 9.17) is 14.2 Å². The number of nitrogens with one attached hydrogen (secondary N) is 2. The Morgan fingerprint density at radius 2 is 1.92 bits per heavy atom. The smallest absolute Gasteiger partial charge is 0.408 e. The molecule has 1 aromatic carbocycles. The van der Waals surface area contributed by atoms with Crippen LogP contribution in [0.2, 0.25) is 0 Å². The van der Waals surface area contributed by atoms with Gasteiger partial charge >= 0.3 is 6.09 Å². The van der Waals surface area contributed by atoms with Crippen LogP contribution in [0.1, 0.15) is 26.3 Å². The van der Waals surface area contributed by atoms with Crippen molar-refractivity contribution in [2.24, 2.45) is 0 Å². The predicted octanol–water partition coefficient (Wildman–Crippen LogP) is 1.85. The fourth-order valence-electron chi connectivity index (χ4n) is 1.89. The molecule has 0 spiro atoms. The average molecular weight is 338 g/mol. The summed E-state index contributed by atoms with van der Waals surface area (Å²) in [5.74, 6) is 0.354. The van der Waals surface area contributed by atoms with Gasteiger partial charge in [0, 0.05) is 13.7 Å².